The van der Waals surface area contributed by atoms with Crippen molar-refractivity contribution in [2.45, 2.75) is 6.10 Å². The predicted octanol–water partition coefficient (Wildman–Crippen LogP) is 0.396. The van der Waals surface area contributed by atoms with Gasteiger partial charge in [-0.1, -0.05) is 0 Å². The van der Waals surface area contributed by atoms with E-state index in [9.17, 15) is 14.4 Å². The zero-order valence-corrected chi connectivity index (χ0v) is 11.1. The van der Waals surface area contributed by atoms with Crippen molar-refractivity contribution in [2.24, 2.45) is 0 Å². The Labute approximate surface area is 120 Å². The molecule has 1 N–H and O–H groups in total. The summed E-state index contributed by atoms with van der Waals surface area (Å²) in [6.07, 6.45) is -0.347. The van der Waals surface area contributed by atoms with Crippen LogP contribution in [0.1, 0.15) is 31.1 Å². The molecule has 0 aliphatic carbocycles. The standard InChI is InChI=1S/C14H13NO6/c16-12-10-2-1-8(14(18)19)5-11(10)13(17)15(12)6-9-7-20-3-4-21-9/h1-2,5,9H,3-4,6-7H2,(H,18,19). The van der Waals surface area contributed by atoms with E-state index >= 15 is 0 Å². The fraction of sp³-hybridized carbons (Fsp3) is 0.357. The van der Waals surface area contributed by atoms with Gasteiger partial charge in [-0.3, -0.25) is 14.5 Å². The number of amides is 2. The number of hydrogen-bond donors (Lipinski definition) is 1. The molecule has 7 heteroatoms. The topological polar surface area (TPSA) is 93.1 Å². The molecule has 110 valence electrons. The van der Waals surface area contributed by atoms with Crippen LogP contribution in [0, 0.1) is 0 Å². The molecule has 2 aliphatic rings. The van der Waals surface area contributed by atoms with Crippen molar-refractivity contribution < 1.29 is 29.0 Å². The Hall–Kier alpha value is -2.25. The van der Waals surface area contributed by atoms with Crippen molar-refractivity contribution in [3.63, 3.8) is 0 Å². The van der Waals surface area contributed by atoms with Crippen molar-refractivity contribution in [3.8, 4) is 0 Å². The quantitative estimate of drug-likeness (QED) is 0.810. The smallest absolute Gasteiger partial charge is 0.335 e. The zero-order chi connectivity index (χ0) is 15.0. The van der Waals surface area contributed by atoms with Crippen molar-refractivity contribution in [2.75, 3.05) is 26.4 Å². The van der Waals surface area contributed by atoms with E-state index < -0.39 is 17.8 Å². The molecule has 1 aromatic carbocycles. The van der Waals surface area contributed by atoms with E-state index in [1.807, 2.05) is 0 Å². The second kappa shape index (κ2) is 5.27. The first-order valence-electron chi connectivity index (χ1n) is 6.51. The van der Waals surface area contributed by atoms with Gasteiger partial charge in [0.2, 0.25) is 0 Å². The molecule has 0 radical (unpaired) electrons. The highest BCUT2D eigenvalue weighted by molar-refractivity contribution is 6.21. The largest absolute Gasteiger partial charge is 0.478 e. The molecular weight excluding hydrogens is 278 g/mol. The second-order valence-corrected chi connectivity index (χ2v) is 4.85. The van der Waals surface area contributed by atoms with Gasteiger partial charge in [-0.2, -0.15) is 0 Å². The lowest BCUT2D eigenvalue weighted by Gasteiger charge is -2.26. The van der Waals surface area contributed by atoms with E-state index in [0.29, 0.717) is 19.8 Å². The van der Waals surface area contributed by atoms with Crippen LogP contribution in [-0.2, 0) is 9.47 Å². The maximum absolute atomic E-state index is 12.3. The van der Waals surface area contributed by atoms with Gasteiger partial charge in [-0.25, -0.2) is 4.79 Å². The summed E-state index contributed by atoms with van der Waals surface area (Å²) in [5, 5.41) is 8.95. The number of benzene rings is 1. The lowest BCUT2D eigenvalue weighted by Crippen LogP contribution is -2.42. The van der Waals surface area contributed by atoms with E-state index in [0.717, 1.165) is 4.90 Å². The number of carboxylic acids is 1. The summed E-state index contributed by atoms with van der Waals surface area (Å²) < 4.78 is 10.7. The number of ether oxygens (including phenoxy) is 2. The van der Waals surface area contributed by atoms with Crippen molar-refractivity contribution in [1.82, 2.24) is 4.90 Å². The highest BCUT2D eigenvalue weighted by Gasteiger charge is 2.37. The summed E-state index contributed by atoms with van der Waals surface area (Å²) in [5.74, 6) is -2.06. The van der Waals surface area contributed by atoms with Gasteiger partial charge in [0, 0.05) is 0 Å². The van der Waals surface area contributed by atoms with E-state index in [2.05, 4.69) is 0 Å². The van der Waals surface area contributed by atoms with Crippen LogP contribution in [0.25, 0.3) is 0 Å². The van der Waals surface area contributed by atoms with Gasteiger partial charge < -0.3 is 14.6 Å². The fourth-order valence-corrected chi connectivity index (χ4v) is 2.44. The van der Waals surface area contributed by atoms with Gasteiger partial charge in [-0.05, 0) is 18.2 Å². The van der Waals surface area contributed by atoms with Gasteiger partial charge in [0.05, 0.1) is 49.2 Å². The first kappa shape index (κ1) is 13.7. The Morgan fingerprint density at radius 3 is 2.67 bits per heavy atom. The average molecular weight is 291 g/mol. The monoisotopic (exact) mass is 291 g/mol. The highest BCUT2D eigenvalue weighted by Crippen LogP contribution is 2.24. The highest BCUT2D eigenvalue weighted by atomic mass is 16.6. The maximum atomic E-state index is 12.3. The molecule has 2 aliphatic heterocycles. The molecule has 0 bridgehead atoms. The molecule has 21 heavy (non-hydrogen) atoms. The van der Waals surface area contributed by atoms with Gasteiger partial charge >= 0.3 is 5.97 Å². The van der Waals surface area contributed by atoms with Crippen LogP contribution >= 0.6 is 0 Å². The number of fused-ring (bicyclic) bond motifs is 1. The minimum absolute atomic E-state index is 0.0194. The Morgan fingerprint density at radius 2 is 2.00 bits per heavy atom. The number of hydrogen-bond acceptors (Lipinski definition) is 5. The maximum Gasteiger partial charge on any atom is 0.335 e. The fourth-order valence-electron chi connectivity index (χ4n) is 2.44. The molecule has 1 aromatic rings. The lowest BCUT2D eigenvalue weighted by atomic mass is 10.1. The normalized spacial score (nSPS) is 21.5. The molecule has 2 heterocycles. The first-order valence-corrected chi connectivity index (χ1v) is 6.51. The molecule has 1 atom stereocenters. The molecule has 1 fully saturated rings. The third-order valence-corrected chi connectivity index (χ3v) is 3.49. The summed E-state index contributed by atoms with van der Waals surface area (Å²) in [7, 11) is 0. The summed E-state index contributed by atoms with van der Waals surface area (Å²) >= 11 is 0. The van der Waals surface area contributed by atoms with Crippen molar-refractivity contribution >= 4 is 17.8 Å². The number of carbonyl (C=O) groups excluding carboxylic acids is 2. The van der Waals surface area contributed by atoms with E-state index in [4.69, 9.17) is 14.6 Å². The molecule has 0 saturated carbocycles. The predicted molar refractivity (Wildman–Crippen MR) is 69.3 cm³/mol. The third kappa shape index (κ3) is 2.41. The number of carbonyl (C=O) groups is 3. The Balaban J connectivity index is 1.84. The SMILES string of the molecule is O=C(O)c1ccc2c(c1)C(=O)N(CC1COCCO1)C2=O. The van der Waals surface area contributed by atoms with E-state index in [-0.39, 0.29) is 29.3 Å². The summed E-state index contributed by atoms with van der Waals surface area (Å²) in [5.41, 5.74) is 0.326. The Kier molecular flexibility index (Phi) is 3.44. The molecule has 0 aromatic heterocycles. The Bertz CT molecular complexity index is 620. The summed E-state index contributed by atoms with van der Waals surface area (Å²) in [6, 6.07) is 3.92. The van der Waals surface area contributed by atoms with Crippen molar-refractivity contribution in [3.05, 3.63) is 34.9 Å². The molecule has 0 spiro atoms. The first-order chi connectivity index (χ1) is 10.1. The van der Waals surface area contributed by atoms with Crippen LogP contribution in [0.15, 0.2) is 18.2 Å². The van der Waals surface area contributed by atoms with Crippen LogP contribution in [0.5, 0.6) is 0 Å². The molecule has 2 amide bonds. The van der Waals surface area contributed by atoms with E-state index in [1.54, 1.807) is 0 Å². The average Bonchev–Trinajstić information content (AvgIpc) is 2.73. The Morgan fingerprint density at radius 1 is 1.24 bits per heavy atom. The van der Waals surface area contributed by atoms with Crippen LogP contribution in [-0.4, -0.2) is 60.3 Å². The zero-order valence-electron chi connectivity index (χ0n) is 11.1. The van der Waals surface area contributed by atoms with Gasteiger partial charge in [0.15, 0.2) is 0 Å². The molecular formula is C14H13NO6. The van der Waals surface area contributed by atoms with Crippen LogP contribution in [0.4, 0.5) is 0 Å². The van der Waals surface area contributed by atoms with Gasteiger partial charge in [-0.15, -0.1) is 0 Å². The van der Waals surface area contributed by atoms with Crippen LogP contribution < -0.4 is 0 Å². The summed E-state index contributed by atoms with van der Waals surface area (Å²) in [6.45, 7) is 1.36. The summed E-state index contributed by atoms with van der Waals surface area (Å²) in [4.78, 5) is 36.5. The minimum Gasteiger partial charge on any atom is -0.478 e. The van der Waals surface area contributed by atoms with Gasteiger partial charge in [0.25, 0.3) is 11.8 Å². The van der Waals surface area contributed by atoms with Crippen LogP contribution in [0.3, 0.4) is 0 Å². The van der Waals surface area contributed by atoms with Crippen LogP contribution in [0.2, 0.25) is 0 Å². The van der Waals surface area contributed by atoms with Gasteiger partial charge in [0.1, 0.15) is 0 Å². The number of carboxylic acid groups (broad SMARTS) is 1. The number of imide groups is 1. The molecule has 7 nitrogen and oxygen atoms in total. The number of aromatic carboxylic acids is 1. The van der Waals surface area contributed by atoms with Crippen molar-refractivity contribution in [1.29, 1.82) is 0 Å². The minimum atomic E-state index is -1.14. The number of rotatable bonds is 3. The molecule has 3 rings (SSSR count). The lowest BCUT2D eigenvalue weighted by molar-refractivity contribution is -0.0923. The number of nitrogens with zero attached hydrogens (tertiary/aromatic N) is 1. The third-order valence-electron chi connectivity index (χ3n) is 3.49. The molecule has 1 saturated heterocycles. The second-order valence-electron chi connectivity index (χ2n) is 4.85. The molecule has 1 unspecified atom stereocenters. The van der Waals surface area contributed by atoms with E-state index in [1.165, 1.54) is 18.2 Å².